The molecule has 0 atom stereocenters. The van der Waals surface area contributed by atoms with Crippen molar-refractivity contribution in [2.24, 2.45) is 17.6 Å². The fourth-order valence-corrected chi connectivity index (χ4v) is 4.76. The van der Waals surface area contributed by atoms with E-state index in [1.165, 1.54) is 77.0 Å². The van der Waals surface area contributed by atoms with Gasteiger partial charge in [-0.15, -0.1) is 0 Å². The van der Waals surface area contributed by atoms with Crippen molar-refractivity contribution >= 4 is 5.91 Å². The zero-order chi connectivity index (χ0) is 18.6. The van der Waals surface area contributed by atoms with Crippen molar-refractivity contribution in [2.75, 3.05) is 13.1 Å². The lowest BCUT2D eigenvalue weighted by atomic mass is 9.76. The van der Waals surface area contributed by atoms with Crippen molar-refractivity contribution in [3.05, 3.63) is 0 Å². The number of nitrogens with one attached hydrogen (secondary N) is 2. The van der Waals surface area contributed by atoms with Crippen LogP contribution < -0.4 is 16.4 Å². The smallest absolute Gasteiger partial charge is 0.221 e. The Labute approximate surface area is 161 Å². The van der Waals surface area contributed by atoms with E-state index in [0.717, 1.165) is 31.3 Å². The lowest BCUT2D eigenvalue weighted by Gasteiger charge is -2.33. The molecular weight excluding hydrogens is 322 g/mol. The van der Waals surface area contributed by atoms with Crippen LogP contribution in [0.15, 0.2) is 0 Å². The Morgan fingerprint density at radius 3 is 2.19 bits per heavy atom. The van der Waals surface area contributed by atoms with Crippen LogP contribution in [0.2, 0.25) is 0 Å². The highest BCUT2D eigenvalue weighted by Gasteiger charge is 2.25. The van der Waals surface area contributed by atoms with E-state index in [9.17, 15) is 4.79 Å². The SMILES string of the molecule is CCCCCCNC(=O)CCNC1CCC(CC2CCC(N)CC2)CC1. The van der Waals surface area contributed by atoms with Gasteiger partial charge in [0.05, 0.1) is 0 Å². The van der Waals surface area contributed by atoms with E-state index < -0.39 is 0 Å². The standard InChI is InChI=1S/C22H43N3O/c1-2-3-4-5-15-25-22(26)14-16-24-21-12-8-19(9-13-21)17-18-6-10-20(23)11-7-18/h18-21,24H,2-17,23H2,1H3,(H,25,26). The van der Waals surface area contributed by atoms with Gasteiger partial charge in [0.25, 0.3) is 0 Å². The maximum Gasteiger partial charge on any atom is 0.221 e. The first-order valence-corrected chi connectivity index (χ1v) is 11.4. The van der Waals surface area contributed by atoms with E-state index in [4.69, 9.17) is 5.73 Å². The monoisotopic (exact) mass is 365 g/mol. The molecule has 2 fully saturated rings. The van der Waals surface area contributed by atoms with Crippen LogP contribution in [0, 0.1) is 11.8 Å². The number of unbranched alkanes of at least 4 members (excludes halogenated alkanes) is 3. The van der Waals surface area contributed by atoms with E-state index in [1.54, 1.807) is 0 Å². The average molecular weight is 366 g/mol. The quantitative estimate of drug-likeness (QED) is 0.482. The Bertz CT molecular complexity index is 372. The Morgan fingerprint density at radius 1 is 0.885 bits per heavy atom. The van der Waals surface area contributed by atoms with E-state index in [0.29, 0.717) is 18.5 Å². The Morgan fingerprint density at radius 2 is 1.54 bits per heavy atom. The van der Waals surface area contributed by atoms with Crippen LogP contribution in [0.5, 0.6) is 0 Å². The summed E-state index contributed by atoms with van der Waals surface area (Å²) in [7, 11) is 0. The normalized spacial score (nSPS) is 29.5. The minimum atomic E-state index is 0.207. The van der Waals surface area contributed by atoms with Gasteiger partial charge >= 0.3 is 0 Å². The van der Waals surface area contributed by atoms with Gasteiger partial charge in [-0.1, -0.05) is 26.2 Å². The van der Waals surface area contributed by atoms with Crippen LogP contribution in [-0.4, -0.2) is 31.1 Å². The van der Waals surface area contributed by atoms with Gasteiger partial charge in [-0.25, -0.2) is 0 Å². The summed E-state index contributed by atoms with van der Waals surface area (Å²) < 4.78 is 0. The molecule has 0 aromatic heterocycles. The first kappa shape index (κ1) is 21.7. The van der Waals surface area contributed by atoms with Crippen LogP contribution in [-0.2, 0) is 4.79 Å². The fraction of sp³-hybridized carbons (Fsp3) is 0.955. The van der Waals surface area contributed by atoms with E-state index >= 15 is 0 Å². The molecule has 0 radical (unpaired) electrons. The third-order valence-electron chi connectivity index (χ3n) is 6.54. The Kier molecular flexibility index (Phi) is 10.6. The van der Waals surface area contributed by atoms with Gasteiger partial charge in [0, 0.05) is 31.6 Å². The van der Waals surface area contributed by atoms with Gasteiger partial charge in [-0.05, 0) is 76.0 Å². The highest BCUT2D eigenvalue weighted by atomic mass is 16.1. The van der Waals surface area contributed by atoms with Gasteiger partial charge in [0.1, 0.15) is 0 Å². The molecule has 0 spiro atoms. The summed E-state index contributed by atoms with van der Waals surface area (Å²) in [6, 6.07) is 1.10. The maximum absolute atomic E-state index is 11.9. The van der Waals surface area contributed by atoms with Crippen LogP contribution in [0.3, 0.4) is 0 Å². The number of amides is 1. The van der Waals surface area contributed by atoms with Crippen molar-refractivity contribution < 1.29 is 4.79 Å². The number of hydrogen-bond acceptors (Lipinski definition) is 3. The molecular formula is C22H43N3O. The van der Waals surface area contributed by atoms with Crippen LogP contribution in [0.25, 0.3) is 0 Å². The number of rotatable bonds is 11. The highest BCUT2D eigenvalue weighted by Crippen LogP contribution is 2.35. The summed E-state index contributed by atoms with van der Waals surface area (Å²) in [6.07, 6.45) is 17.4. The van der Waals surface area contributed by atoms with Crippen LogP contribution >= 0.6 is 0 Å². The molecule has 2 rings (SSSR count). The summed E-state index contributed by atoms with van der Waals surface area (Å²) in [6.45, 7) is 3.89. The second-order valence-electron chi connectivity index (χ2n) is 8.85. The topological polar surface area (TPSA) is 67.2 Å². The van der Waals surface area contributed by atoms with Crippen LogP contribution in [0.4, 0.5) is 0 Å². The number of carbonyl (C=O) groups excluding carboxylic acids is 1. The summed E-state index contributed by atoms with van der Waals surface area (Å²) in [5, 5.41) is 6.66. The molecule has 152 valence electrons. The molecule has 4 heteroatoms. The molecule has 2 aliphatic rings. The van der Waals surface area contributed by atoms with Crippen molar-refractivity contribution in [2.45, 2.75) is 109 Å². The fourth-order valence-electron chi connectivity index (χ4n) is 4.76. The van der Waals surface area contributed by atoms with E-state index in [1.807, 2.05) is 0 Å². The third kappa shape index (κ3) is 8.85. The van der Waals surface area contributed by atoms with E-state index in [-0.39, 0.29) is 5.91 Å². The molecule has 4 N–H and O–H groups in total. The van der Waals surface area contributed by atoms with Gasteiger partial charge in [0.2, 0.25) is 5.91 Å². The lowest BCUT2D eigenvalue weighted by molar-refractivity contribution is -0.121. The predicted octanol–water partition coefficient (Wildman–Crippen LogP) is 4.13. The second kappa shape index (κ2) is 12.7. The minimum absolute atomic E-state index is 0.207. The van der Waals surface area contributed by atoms with Gasteiger partial charge < -0.3 is 16.4 Å². The zero-order valence-electron chi connectivity index (χ0n) is 17.1. The zero-order valence-corrected chi connectivity index (χ0v) is 17.1. The molecule has 2 saturated carbocycles. The highest BCUT2D eigenvalue weighted by molar-refractivity contribution is 5.75. The molecule has 0 unspecified atom stereocenters. The molecule has 1 amide bonds. The second-order valence-corrected chi connectivity index (χ2v) is 8.85. The average Bonchev–Trinajstić information content (AvgIpc) is 2.65. The predicted molar refractivity (Wildman–Crippen MR) is 110 cm³/mol. The van der Waals surface area contributed by atoms with E-state index in [2.05, 4.69) is 17.6 Å². The maximum atomic E-state index is 11.9. The molecule has 0 aliphatic heterocycles. The van der Waals surface area contributed by atoms with Crippen molar-refractivity contribution in [3.63, 3.8) is 0 Å². The summed E-state index contributed by atoms with van der Waals surface area (Å²) in [5.74, 6) is 2.07. The van der Waals surface area contributed by atoms with Crippen molar-refractivity contribution in [1.29, 1.82) is 0 Å². The van der Waals surface area contributed by atoms with Gasteiger partial charge in [0.15, 0.2) is 0 Å². The first-order valence-electron chi connectivity index (χ1n) is 11.4. The Hall–Kier alpha value is -0.610. The molecule has 0 bridgehead atoms. The molecule has 26 heavy (non-hydrogen) atoms. The number of hydrogen-bond donors (Lipinski definition) is 3. The van der Waals surface area contributed by atoms with Gasteiger partial charge in [-0.3, -0.25) is 4.79 Å². The molecule has 2 aliphatic carbocycles. The largest absolute Gasteiger partial charge is 0.356 e. The third-order valence-corrected chi connectivity index (χ3v) is 6.54. The first-order chi connectivity index (χ1) is 12.7. The summed E-state index contributed by atoms with van der Waals surface area (Å²) >= 11 is 0. The summed E-state index contributed by atoms with van der Waals surface area (Å²) in [4.78, 5) is 11.9. The van der Waals surface area contributed by atoms with Crippen molar-refractivity contribution in [3.8, 4) is 0 Å². The van der Waals surface area contributed by atoms with Crippen molar-refractivity contribution in [1.82, 2.24) is 10.6 Å². The minimum Gasteiger partial charge on any atom is -0.356 e. The number of carbonyl (C=O) groups is 1. The molecule has 0 aromatic carbocycles. The number of nitrogens with two attached hydrogens (primary N) is 1. The Balaban J connectivity index is 1.46. The lowest BCUT2D eigenvalue weighted by Crippen LogP contribution is -2.36. The molecule has 0 heterocycles. The molecule has 0 saturated heterocycles. The van der Waals surface area contributed by atoms with Crippen LogP contribution in [0.1, 0.15) is 96.8 Å². The van der Waals surface area contributed by atoms with Gasteiger partial charge in [-0.2, -0.15) is 0 Å². The summed E-state index contributed by atoms with van der Waals surface area (Å²) in [5.41, 5.74) is 6.03. The molecule has 0 aromatic rings. The molecule has 4 nitrogen and oxygen atoms in total.